The Morgan fingerprint density at radius 2 is 1.91 bits per heavy atom. The topological polar surface area (TPSA) is 20.2 Å². The number of thiophene rings is 1. The van der Waals surface area contributed by atoms with Crippen LogP contribution in [0.1, 0.15) is 33.3 Å². The molecule has 0 spiro atoms. The first-order valence-electron chi connectivity index (χ1n) is 3.86. The van der Waals surface area contributed by atoms with Gasteiger partial charge < -0.3 is 5.11 Å². The Bertz CT molecular complexity index is 172. The second-order valence-electron chi connectivity index (χ2n) is 2.57. The highest BCUT2D eigenvalue weighted by atomic mass is 32.1. The van der Waals surface area contributed by atoms with Crippen LogP contribution in [0.15, 0.2) is 16.8 Å². The lowest BCUT2D eigenvalue weighted by atomic mass is 10.0. The Morgan fingerprint density at radius 1 is 1.36 bits per heavy atom. The summed E-state index contributed by atoms with van der Waals surface area (Å²) in [5, 5.41) is 13.3. The molecule has 1 aromatic rings. The van der Waals surface area contributed by atoms with Crippen LogP contribution in [-0.2, 0) is 5.60 Å². The summed E-state index contributed by atoms with van der Waals surface area (Å²) in [6.45, 7) is 7.57. The molecule has 0 aliphatic rings. The van der Waals surface area contributed by atoms with Crippen LogP contribution in [0.2, 0.25) is 0 Å². The molecule has 1 heterocycles. The summed E-state index contributed by atoms with van der Waals surface area (Å²) in [6, 6.07) is 1.94. The predicted molar refractivity (Wildman–Crippen MR) is 50.9 cm³/mol. The van der Waals surface area contributed by atoms with E-state index in [0.717, 1.165) is 5.56 Å². The van der Waals surface area contributed by atoms with Gasteiger partial charge in [0.05, 0.1) is 5.60 Å². The summed E-state index contributed by atoms with van der Waals surface area (Å²) >= 11 is 1.61. The van der Waals surface area contributed by atoms with E-state index in [4.69, 9.17) is 0 Å². The average molecular weight is 172 g/mol. The summed E-state index contributed by atoms with van der Waals surface area (Å²) in [7, 11) is 0. The first kappa shape index (κ1) is 10.7. The summed E-state index contributed by atoms with van der Waals surface area (Å²) in [6.07, 6.45) is 0. The maximum absolute atomic E-state index is 9.38. The second kappa shape index (κ2) is 4.52. The van der Waals surface area contributed by atoms with Crippen LogP contribution >= 0.6 is 11.3 Å². The molecule has 0 saturated carbocycles. The van der Waals surface area contributed by atoms with Gasteiger partial charge in [0.2, 0.25) is 0 Å². The van der Waals surface area contributed by atoms with Crippen molar-refractivity contribution in [2.45, 2.75) is 33.3 Å². The zero-order chi connectivity index (χ0) is 8.91. The molecule has 0 amide bonds. The highest BCUT2D eigenvalue weighted by Gasteiger charge is 2.14. The Morgan fingerprint density at radius 3 is 2.09 bits per heavy atom. The largest absolute Gasteiger partial charge is 0.386 e. The van der Waals surface area contributed by atoms with Gasteiger partial charge >= 0.3 is 0 Å². The first-order valence-corrected chi connectivity index (χ1v) is 4.80. The zero-order valence-electron chi connectivity index (χ0n) is 7.59. The van der Waals surface area contributed by atoms with E-state index >= 15 is 0 Å². The smallest absolute Gasteiger partial charge is 0.0848 e. The van der Waals surface area contributed by atoms with Crippen molar-refractivity contribution in [1.82, 2.24) is 0 Å². The molecule has 1 aromatic heterocycles. The van der Waals surface area contributed by atoms with Crippen LogP contribution in [-0.4, -0.2) is 5.11 Å². The van der Waals surface area contributed by atoms with Gasteiger partial charge in [0.15, 0.2) is 0 Å². The molecule has 1 N–H and O–H groups in total. The summed E-state index contributed by atoms with van der Waals surface area (Å²) in [5.41, 5.74) is 0.326. The molecule has 0 atom stereocenters. The van der Waals surface area contributed by atoms with Crippen LogP contribution in [0.3, 0.4) is 0 Å². The number of rotatable bonds is 1. The number of aliphatic hydroxyl groups is 1. The van der Waals surface area contributed by atoms with E-state index in [1.54, 1.807) is 25.2 Å². The fourth-order valence-electron chi connectivity index (χ4n) is 0.613. The van der Waals surface area contributed by atoms with Crippen LogP contribution in [0.5, 0.6) is 0 Å². The SMILES string of the molecule is CC.CC(C)(O)c1ccsc1. The van der Waals surface area contributed by atoms with Gasteiger partial charge in [0.1, 0.15) is 0 Å². The van der Waals surface area contributed by atoms with Crippen molar-refractivity contribution in [2.75, 3.05) is 0 Å². The van der Waals surface area contributed by atoms with Crippen molar-refractivity contribution in [3.8, 4) is 0 Å². The summed E-state index contributed by atoms with van der Waals surface area (Å²) in [5.74, 6) is 0. The minimum absolute atomic E-state index is 0.667. The van der Waals surface area contributed by atoms with Gasteiger partial charge in [-0.2, -0.15) is 11.3 Å². The molecule has 0 fully saturated rings. The van der Waals surface area contributed by atoms with Gasteiger partial charge in [-0.05, 0) is 36.2 Å². The molecule has 0 saturated heterocycles. The lowest BCUT2D eigenvalue weighted by Gasteiger charge is -2.14. The summed E-state index contributed by atoms with van der Waals surface area (Å²) in [4.78, 5) is 0. The van der Waals surface area contributed by atoms with E-state index in [2.05, 4.69) is 0 Å². The van der Waals surface area contributed by atoms with Crippen molar-refractivity contribution < 1.29 is 5.11 Å². The first-order chi connectivity index (χ1) is 5.11. The molecule has 1 nitrogen and oxygen atoms in total. The average Bonchev–Trinajstić information content (AvgIpc) is 2.40. The Hall–Kier alpha value is -0.340. The van der Waals surface area contributed by atoms with Gasteiger partial charge in [0, 0.05) is 0 Å². The minimum Gasteiger partial charge on any atom is -0.386 e. The van der Waals surface area contributed by atoms with Crippen LogP contribution in [0.4, 0.5) is 0 Å². The van der Waals surface area contributed by atoms with Crippen molar-refractivity contribution in [2.24, 2.45) is 0 Å². The molecular formula is C9H16OS. The number of hydrogen-bond donors (Lipinski definition) is 1. The number of hydrogen-bond acceptors (Lipinski definition) is 2. The predicted octanol–water partition coefficient (Wildman–Crippen LogP) is 3.00. The highest BCUT2D eigenvalue weighted by molar-refractivity contribution is 7.08. The third-order valence-corrected chi connectivity index (χ3v) is 1.91. The van der Waals surface area contributed by atoms with Crippen LogP contribution < -0.4 is 0 Å². The second-order valence-corrected chi connectivity index (χ2v) is 3.35. The lowest BCUT2D eigenvalue weighted by Crippen LogP contribution is -2.13. The van der Waals surface area contributed by atoms with Gasteiger partial charge in [-0.15, -0.1) is 0 Å². The summed E-state index contributed by atoms with van der Waals surface area (Å²) < 4.78 is 0. The van der Waals surface area contributed by atoms with Crippen molar-refractivity contribution in [1.29, 1.82) is 0 Å². The van der Waals surface area contributed by atoms with E-state index in [1.807, 2.05) is 30.7 Å². The quantitative estimate of drug-likeness (QED) is 0.690. The Labute approximate surface area is 72.7 Å². The molecule has 0 radical (unpaired) electrons. The fraction of sp³-hybridized carbons (Fsp3) is 0.556. The lowest BCUT2D eigenvalue weighted by molar-refractivity contribution is 0.0791. The molecule has 0 unspecified atom stereocenters. The standard InChI is InChI=1S/C7H10OS.C2H6/c1-7(2,8)6-3-4-9-5-6;1-2/h3-5,8H,1-2H3;1-2H3. The Kier molecular flexibility index (Phi) is 4.38. The molecule has 0 aliphatic carbocycles. The third kappa shape index (κ3) is 3.54. The molecule has 11 heavy (non-hydrogen) atoms. The molecule has 0 bridgehead atoms. The minimum atomic E-state index is -0.667. The van der Waals surface area contributed by atoms with E-state index in [9.17, 15) is 5.11 Å². The Balaban J connectivity index is 0.000000461. The molecule has 0 aromatic carbocycles. The molecular weight excluding hydrogens is 156 g/mol. The maximum Gasteiger partial charge on any atom is 0.0848 e. The highest BCUT2D eigenvalue weighted by Crippen LogP contribution is 2.21. The maximum atomic E-state index is 9.38. The van der Waals surface area contributed by atoms with Gasteiger partial charge in [-0.25, -0.2) is 0 Å². The van der Waals surface area contributed by atoms with Gasteiger partial charge in [0.25, 0.3) is 0 Å². The van der Waals surface area contributed by atoms with E-state index < -0.39 is 5.60 Å². The normalized spacial score (nSPS) is 10.3. The van der Waals surface area contributed by atoms with E-state index in [1.165, 1.54) is 0 Å². The van der Waals surface area contributed by atoms with Crippen molar-refractivity contribution in [3.63, 3.8) is 0 Å². The third-order valence-electron chi connectivity index (χ3n) is 1.23. The van der Waals surface area contributed by atoms with E-state index in [-0.39, 0.29) is 0 Å². The zero-order valence-corrected chi connectivity index (χ0v) is 8.40. The molecule has 64 valence electrons. The van der Waals surface area contributed by atoms with Crippen LogP contribution in [0, 0.1) is 0 Å². The molecule has 1 rings (SSSR count). The monoisotopic (exact) mass is 172 g/mol. The van der Waals surface area contributed by atoms with Crippen molar-refractivity contribution >= 4 is 11.3 Å². The molecule has 2 heteroatoms. The van der Waals surface area contributed by atoms with Gasteiger partial charge in [-0.1, -0.05) is 13.8 Å². The van der Waals surface area contributed by atoms with Crippen molar-refractivity contribution in [3.05, 3.63) is 22.4 Å². The fourth-order valence-corrected chi connectivity index (χ4v) is 1.43. The van der Waals surface area contributed by atoms with Crippen LogP contribution in [0.25, 0.3) is 0 Å². The van der Waals surface area contributed by atoms with Gasteiger partial charge in [-0.3, -0.25) is 0 Å². The molecule has 0 aliphatic heterocycles. The van der Waals surface area contributed by atoms with E-state index in [0.29, 0.717) is 0 Å².